The lowest BCUT2D eigenvalue weighted by atomic mass is 10.1. The molecule has 9 nitrogen and oxygen atoms in total. The number of nitrogens with one attached hydrogen (secondary N) is 2. The fourth-order valence-corrected chi connectivity index (χ4v) is 2.73. The Balaban J connectivity index is 2.33. The lowest BCUT2D eigenvalue weighted by Crippen LogP contribution is -2.18. The van der Waals surface area contributed by atoms with Crippen LogP contribution in [0.3, 0.4) is 0 Å². The predicted molar refractivity (Wildman–Crippen MR) is 108 cm³/mol. The topological polar surface area (TPSA) is 124 Å². The van der Waals surface area contributed by atoms with Crippen LogP contribution in [-0.2, 0) is 14.2 Å². The number of carbonyl (C=O) groups excluding carboxylic acids is 4. The summed E-state index contributed by atoms with van der Waals surface area (Å²) in [6.45, 7) is 7.02. The number of aromatic amines is 1. The molecule has 1 heterocycles. The first-order chi connectivity index (χ1) is 14.3. The van der Waals surface area contributed by atoms with Crippen molar-refractivity contribution >= 4 is 29.5 Å². The van der Waals surface area contributed by atoms with Crippen molar-refractivity contribution in [1.29, 1.82) is 0 Å². The number of anilines is 1. The van der Waals surface area contributed by atoms with E-state index in [4.69, 9.17) is 14.2 Å². The molecule has 0 fully saturated rings. The average molecular weight is 416 g/mol. The second kappa shape index (κ2) is 10.2. The molecule has 2 N–H and O–H groups in total. The summed E-state index contributed by atoms with van der Waals surface area (Å²) in [6.07, 6.45) is 0. The number of amides is 1. The highest BCUT2D eigenvalue weighted by Crippen LogP contribution is 2.22. The minimum absolute atomic E-state index is 0.00251. The standard InChI is InChI=1S/C21H24N2O7/c1-5-28-19(25)13-8-10-14(11-9-13)22-18(24)17-15(20(26)29-6-2)12(4)16(23-17)21(27)30-7-3/h8-11,23H,5-7H2,1-4H3,(H,22,24). The van der Waals surface area contributed by atoms with Gasteiger partial charge in [-0.05, 0) is 57.5 Å². The highest BCUT2D eigenvalue weighted by molar-refractivity contribution is 6.12. The van der Waals surface area contributed by atoms with Crippen molar-refractivity contribution in [2.24, 2.45) is 0 Å². The number of carbonyl (C=O) groups is 4. The van der Waals surface area contributed by atoms with E-state index < -0.39 is 23.8 Å². The first kappa shape index (κ1) is 22.7. The van der Waals surface area contributed by atoms with Gasteiger partial charge in [0.2, 0.25) is 0 Å². The van der Waals surface area contributed by atoms with Gasteiger partial charge in [0.1, 0.15) is 11.4 Å². The molecule has 0 bridgehead atoms. The van der Waals surface area contributed by atoms with Crippen LogP contribution in [0.5, 0.6) is 0 Å². The Morgan fingerprint density at radius 2 is 1.33 bits per heavy atom. The maximum Gasteiger partial charge on any atom is 0.355 e. The van der Waals surface area contributed by atoms with Gasteiger partial charge in [0, 0.05) is 5.69 Å². The number of ether oxygens (including phenoxy) is 3. The minimum Gasteiger partial charge on any atom is -0.462 e. The Morgan fingerprint density at radius 3 is 1.90 bits per heavy atom. The summed E-state index contributed by atoms with van der Waals surface area (Å²) in [6, 6.07) is 6.06. The molecule has 0 spiro atoms. The predicted octanol–water partition coefficient (Wildman–Crippen LogP) is 3.11. The number of hydrogen-bond acceptors (Lipinski definition) is 7. The van der Waals surface area contributed by atoms with E-state index in [1.807, 2.05) is 0 Å². The first-order valence-corrected chi connectivity index (χ1v) is 9.49. The van der Waals surface area contributed by atoms with Crippen molar-refractivity contribution in [3.8, 4) is 0 Å². The number of rotatable bonds is 8. The molecule has 30 heavy (non-hydrogen) atoms. The summed E-state index contributed by atoms with van der Waals surface area (Å²) in [5.41, 5.74) is 0.816. The van der Waals surface area contributed by atoms with E-state index in [1.165, 1.54) is 31.2 Å². The van der Waals surface area contributed by atoms with Gasteiger partial charge >= 0.3 is 17.9 Å². The highest BCUT2D eigenvalue weighted by atomic mass is 16.5. The zero-order valence-electron chi connectivity index (χ0n) is 17.3. The molecule has 1 amide bonds. The van der Waals surface area contributed by atoms with Crippen LogP contribution >= 0.6 is 0 Å². The molecular weight excluding hydrogens is 392 g/mol. The Morgan fingerprint density at radius 1 is 0.800 bits per heavy atom. The lowest BCUT2D eigenvalue weighted by Gasteiger charge is -2.08. The smallest absolute Gasteiger partial charge is 0.355 e. The Bertz CT molecular complexity index is 945. The fraction of sp³-hybridized carbons (Fsp3) is 0.333. The van der Waals surface area contributed by atoms with E-state index >= 15 is 0 Å². The Hall–Kier alpha value is -3.62. The van der Waals surface area contributed by atoms with Gasteiger partial charge in [0.25, 0.3) is 5.91 Å². The van der Waals surface area contributed by atoms with Crippen LogP contribution in [0.25, 0.3) is 0 Å². The van der Waals surface area contributed by atoms with Crippen LogP contribution in [0.4, 0.5) is 5.69 Å². The summed E-state index contributed by atoms with van der Waals surface area (Å²) in [4.78, 5) is 51.8. The molecular formula is C21H24N2O7. The largest absolute Gasteiger partial charge is 0.462 e. The van der Waals surface area contributed by atoms with Gasteiger partial charge in [-0.2, -0.15) is 0 Å². The average Bonchev–Trinajstić information content (AvgIpc) is 3.06. The summed E-state index contributed by atoms with van der Waals surface area (Å²) in [7, 11) is 0. The second-order valence-electron chi connectivity index (χ2n) is 6.07. The third-order valence-corrected chi connectivity index (χ3v) is 4.09. The highest BCUT2D eigenvalue weighted by Gasteiger charge is 2.29. The molecule has 0 unspecified atom stereocenters. The number of benzene rings is 1. The Kier molecular flexibility index (Phi) is 7.74. The maximum atomic E-state index is 12.8. The number of hydrogen-bond donors (Lipinski definition) is 2. The van der Waals surface area contributed by atoms with E-state index in [0.717, 1.165) is 0 Å². The molecule has 0 atom stereocenters. The third-order valence-electron chi connectivity index (χ3n) is 4.09. The lowest BCUT2D eigenvalue weighted by molar-refractivity contribution is 0.0511. The van der Waals surface area contributed by atoms with Gasteiger partial charge in [0.05, 0.1) is 30.9 Å². The van der Waals surface area contributed by atoms with E-state index in [0.29, 0.717) is 11.3 Å². The monoisotopic (exact) mass is 416 g/mol. The molecule has 0 aliphatic carbocycles. The summed E-state index contributed by atoms with van der Waals surface area (Å²) < 4.78 is 14.9. The molecule has 160 valence electrons. The van der Waals surface area contributed by atoms with Gasteiger partial charge in [-0.1, -0.05) is 0 Å². The van der Waals surface area contributed by atoms with Crippen LogP contribution in [0.2, 0.25) is 0 Å². The second-order valence-corrected chi connectivity index (χ2v) is 6.07. The van der Waals surface area contributed by atoms with E-state index in [9.17, 15) is 19.2 Å². The molecule has 9 heteroatoms. The zero-order chi connectivity index (χ0) is 22.3. The van der Waals surface area contributed by atoms with E-state index in [1.54, 1.807) is 20.8 Å². The van der Waals surface area contributed by atoms with Crippen LogP contribution in [0.15, 0.2) is 24.3 Å². The van der Waals surface area contributed by atoms with Gasteiger partial charge < -0.3 is 24.5 Å². The number of esters is 3. The van der Waals surface area contributed by atoms with Crippen LogP contribution < -0.4 is 5.32 Å². The van der Waals surface area contributed by atoms with Crippen molar-refractivity contribution in [1.82, 2.24) is 4.98 Å². The van der Waals surface area contributed by atoms with Crippen molar-refractivity contribution in [2.75, 3.05) is 25.1 Å². The van der Waals surface area contributed by atoms with Gasteiger partial charge in [-0.25, -0.2) is 14.4 Å². The molecule has 1 aromatic heterocycles. The fourth-order valence-electron chi connectivity index (χ4n) is 2.73. The summed E-state index contributed by atoms with van der Waals surface area (Å²) in [5.74, 6) is -2.54. The van der Waals surface area contributed by atoms with Gasteiger partial charge in [0.15, 0.2) is 0 Å². The molecule has 1 aromatic carbocycles. The van der Waals surface area contributed by atoms with Gasteiger partial charge in [-0.3, -0.25) is 4.79 Å². The van der Waals surface area contributed by atoms with Crippen molar-refractivity contribution in [3.05, 3.63) is 52.3 Å². The molecule has 2 rings (SSSR count). The van der Waals surface area contributed by atoms with Gasteiger partial charge in [-0.15, -0.1) is 0 Å². The normalized spacial score (nSPS) is 10.3. The van der Waals surface area contributed by atoms with Crippen LogP contribution in [-0.4, -0.2) is 48.6 Å². The SMILES string of the molecule is CCOC(=O)c1ccc(NC(=O)c2[nH]c(C(=O)OCC)c(C)c2C(=O)OCC)cc1. The maximum absolute atomic E-state index is 12.8. The molecule has 2 aromatic rings. The number of aromatic nitrogens is 1. The van der Waals surface area contributed by atoms with Crippen LogP contribution in [0, 0.1) is 6.92 Å². The molecule has 0 radical (unpaired) electrons. The zero-order valence-corrected chi connectivity index (χ0v) is 17.3. The minimum atomic E-state index is -0.732. The molecule has 0 aliphatic rings. The number of H-pyrrole nitrogens is 1. The first-order valence-electron chi connectivity index (χ1n) is 9.49. The summed E-state index contributed by atoms with van der Waals surface area (Å²) in [5, 5.41) is 2.62. The van der Waals surface area contributed by atoms with E-state index in [2.05, 4.69) is 10.3 Å². The molecule has 0 saturated carbocycles. The molecule has 0 saturated heterocycles. The van der Waals surface area contributed by atoms with Crippen molar-refractivity contribution < 1.29 is 33.4 Å². The quantitative estimate of drug-likeness (QED) is 0.500. The van der Waals surface area contributed by atoms with Crippen molar-refractivity contribution in [3.63, 3.8) is 0 Å². The van der Waals surface area contributed by atoms with E-state index in [-0.39, 0.29) is 42.3 Å². The van der Waals surface area contributed by atoms with Crippen LogP contribution in [0.1, 0.15) is 68.0 Å². The third kappa shape index (κ3) is 5.05. The molecule has 0 aliphatic heterocycles. The Labute approximate surface area is 173 Å². The summed E-state index contributed by atoms with van der Waals surface area (Å²) >= 11 is 0. The van der Waals surface area contributed by atoms with Crippen molar-refractivity contribution in [2.45, 2.75) is 27.7 Å².